The highest BCUT2D eigenvalue weighted by atomic mass is 35.5. The number of carbonyl (C=O) groups is 3. The van der Waals surface area contributed by atoms with Crippen LogP contribution in [0.2, 0.25) is 0 Å². The lowest BCUT2D eigenvalue weighted by atomic mass is 9.79. The Morgan fingerprint density at radius 2 is 1.62 bits per heavy atom. The van der Waals surface area contributed by atoms with Gasteiger partial charge in [0.25, 0.3) is 0 Å². The highest BCUT2D eigenvalue weighted by Crippen LogP contribution is 2.27. The van der Waals surface area contributed by atoms with E-state index >= 15 is 0 Å². The summed E-state index contributed by atoms with van der Waals surface area (Å²) in [5.74, 6) is -1.18. The maximum atomic E-state index is 12.3. The number of halogens is 1. The van der Waals surface area contributed by atoms with Crippen LogP contribution in [0.15, 0.2) is 11.6 Å². The molecule has 120 valence electrons. The third kappa shape index (κ3) is 5.74. The number of hydrogen-bond donors (Lipinski definition) is 0. The van der Waals surface area contributed by atoms with E-state index in [9.17, 15) is 14.4 Å². The van der Waals surface area contributed by atoms with Crippen LogP contribution < -0.4 is 0 Å². The summed E-state index contributed by atoms with van der Waals surface area (Å²) in [6, 6.07) is 0. The highest BCUT2D eigenvalue weighted by molar-refractivity contribution is 6.34. The summed E-state index contributed by atoms with van der Waals surface area (Å²) < 4.78 is 0. The van der Waals surface area contributed by atoms with Crippen molar-refractivity contribution >= 4 is 29.0 Å². The summed E-state index contributed by atoms with van der Waals surface area (Å²) in [7, 11) is 0. The van der Waals surface area contributed by atoms with Crippen molar-refractivity contribution in [3.8, 4) is 0 Å². The van der Waals surface area contributed by atoms with E-state index < -0.39 is 16.7 Å². The topological polar surface area (TPSA) is 51.2 Å². The zero-order valence-corrected chi connectivity index (χ0v) is 14.9. The van der Waals surface area contributed by atoms with Crippen LogP contribution >= 0.6 is 11.6 Å². The number of hydrogen-bond acceptors (Lipinski definition) is 3. The molecule has 0 heterocycles. The second-order valence-corrected chi connectivity index (χ2v) is 7.08. The van der Waals surface area contributed by atoms with Gasteiger partial charge in [0.05, 0.1) is 0 Å². The van der Waals surface area contributed by atoms with Crippen molar-refractivity contribution in [2.45, 2.75) is 60.3 Å². The van der Waals surface area contributed by atoms with Gasteiger partial charge in [-0.2, -0.15) is 0 Å². The minimum atomic E-state index is -0.874. The Morgan fingerprint density at radius 3 is 1.95 bits per heavy atom. The van der Waals surface area contributed by atoms with Gasteiger partial charge in [0.2, 0.25) is 0 Å². The number of Topliss-reactive ketones (excluding diaryl/α,β-unsaturated/α-hetero) is 2. The lowest BCUT2D eigenvalue weighted by Gasteiger charge is -2.23. The molecule has 0 fully saturated rings. The zero-order chi connectivity index (χ0) is 17.0. The number of alkyl halides is 1. The Bertz CT molecular complexity index is 443. The van der Waals surface area contributed by atoms with Gasteiger partial charge in [-0.05, 0) is 19.4 Å². The average molecular weight is 315 g/mol. The molecule has 0 aromatic carbocycles. The molecule has 3 atom stereocenters. The second-order valence-electron chi connectivity index (χ2n) is 6.61. The average Bonchev–Trinajstić information content (AvgIpc) is 2.39. The zero-order valence-electron chi connectivity index (χ0n) is 14.1. The normalized spacial score (nSPS) is 17.0. The van der Waals surface area contributed by atoms with Gasteiger partial charge < -0.3 is 0 Å². The highest BCUT2D eigenvalue weighted by Gasteiger charge is 2.30. The molecule has 0 aromatic rings. The Hall–Kier alpha value is -0.960. The van der Waals surface area contributed by atoms with Gasteiger partial charge in [0.1, 0.15) is 16.9 Å². The first-order valence-electron chi connectivity index (χ1n) is 7.36. The van der Waals surface area contributed by atoms with Crippen LogP contribution in [0.25, 0.3) is 0 Å². The Morgan fingerprint density at radius 1 is 1.14 bits per heavy atom. The molecule has 21 heavy (non-hydrogen) atoms. The van der Waals surface area contributed by atoms with E-state index in [0.29, 0.717) is 6.42 Å². The van der Waals surface area contributed by atoms with Crippen molar-refractivity contribution in [3.63, 3.8) is 0 Å². The summed E-state index contributed by atoms with van der Waals surface area (Å²) in [4.78, 5) is 35.8. The van der Waals surface area contributed by atoms with E-state index in [-0.39, 0.29) is 23.3 Å². The lowest BCUT2D eigenvalue weighted by molar-refractivity contribution is -0.128. The van der Waals surface area contributed by atoms with Crippen LogP contribution in [0.4, 0.5) is 0 Å². The maximum absolute atomic E-state index is 12.3. The summed E-state index contributed by atoms with van der Waals surface area (Å²) in [6.45, 7) is 12.4. The van der Waals surface area contributed by atoms with Gasteiger partial charge >= 0.3 is 0 Å². The number of ketones is 3. The van der Waals surface area contributed by atoms with Crippen molar-refractivity contribution in [1.82, 2.24) is 0 Å². The molecule has 0 spiro atoms. The molecule has 0 amide bonds. The molecule has 0 saturated heterocycles. The Balaban J connectivity index is 5.24. The maximum Gasteiger partial charge on any atom is 0.174 e. The van der Waals surface area contributed by atoms with Crippen LogP contribution in [0.3, 0.4) is 0 Å². The second kappa shape index (κ2) is 7.88. The summed E-state index contributed by atoms with van der Waals surface area (Å²) in [6.07, 6.45) is 2.05. The van der Waals surface area contributed by atoms with Crippen LogP contribution in [0, 0.1) is 17.3 Å². The molecule has 0 radical (unpaired) electrons. The first-order valence-corrected chi connectivity index (χ1v) is 7.80. The summed E-state index contributed by atoms with van der Waals surface area (Å²) >= 11 is 6.05. The van der Waals surface area contributed by atoms with Crippen molar-refractivity contribution in [2.24, 2.45) is 17.3 Å². The van der Waals surface area contributed by atoms with Gasteiger partial charge in [-0.15, -0.1) is 11.6 Å². The number of rotatable bonds is 7. The van der Waals surface area contributed by atoms with Gasteiger partial charge in [-0.25, -0.2) is 0 Å². The SMILES string of the molecule is CC/C(=C/C(=O)C(Cl)C(C)C(C)=O)C(C)C(=O)C(C)(C)C. The molecular weight excluding hydrogens is 288 g/mol. The minimum Gasteiger partial charge on any atom is -0.300 e. The van der Waals surface area contributed by atoms with Crippen LogP contribution in [-0.2, 0) is 14.4 Å². The smallest absolute Gasteiger partial charge is 0.174 e. The Kier molecular flexibility index (Phi) is 7.52. The third-order valence-electron chi connectivity index (χ3n) is 3.78. The molecule has 4 heteroatoms. The van der Waals surface area contributed by atoms with Crippen molar-refractivity contribution in [3.05, 3.63) is 11.6 Å². The molecular formula is C17H27ClO3. The van der Waals surface area contributed by atoms with Gasteiger partial charge in [0.15, 0.2) is 5.78 Å². The van der Waals surface area contributed by atoms with Crippen LogP contribution in [-0.4, -0.2) is 22.7 Å². The first-order chi connectivity index (χ1) is 9.43. The molecule has 0 aliphatic carbocycles. The van der Waals surface area contributed by atoms with E-state index in [1.165, 1.54) is 13.0 Å². The van der Waals surface area contributed by atoms with E-state index in [0.717, 1.165) is 5.57 Å². The first kappa shape index (κ1) is 20.0. The summed E-state index contributed by atoms with van der Waals surface area (Å²) in [5, 5.41) is -0.874. The third-order valence-corrected chi connectivity index (χ3v) is 4.37. The molecule has 3 nitrogen and oxygen atoms in total. The molecule has 0 rings (SSSR count). The fraction of sp³-hybridized carbons (Fsp3) is 0.706. The van der Waals surface area contributed by atoms with Crippen molar-refractivity contribution in [2.75, 3.05) is 0 Å². The van der Waals surface area contributed by atoms with E-state index in [4.69, 9.17) is 11.6 Å². The fourth-order valence-electron chi connectivity index (χ4n) is 2.07. The molecule has 0 aliphatic rings. The van der Waals surface area contributed by atoms with E-state index in [2.05, 4.69) is 0 Å². The fourth-order valence-corrected chi connectivity index (χ4v) is 2.31. The quantitative estimate of drug-likeness (QED) is 0.527. The molecule has 0 N–H and O–H groups in total. The molecule has 0 aliphatic heterocycles. The lowest BCUT2D eigenvalue weighted by Crippen LogP contribution is -2.29. The van der Waals surface area contributed by atoms with Crippen molar-refractivity contribution < 1.29 is 14.4 Å². The van der Waals surface area contributed by atoms with Crippen LogP contribution in [0.5, 0.6) is 0 Å². The largest absolute Gasteiger partial charge is 0.300 e. The van der Waals surface area contributed by atoms with Gasteiger partial charge in [0, 0.05) is 17.3 Å². The predicted octanol–water partition coefficient (Wildman–Crippen LogP) is 3.98. The van der Waals surface area contributed by atoms with Gasteiger partial charge in [-0.1, -0.05) is 47.1 Å². The van der Waals surface area contributed by atoms with E-state index in [1.807, 2.05) is 34.6 Å². The molecule has 0 aromatic heterocycles. The minimum absolute atomic E-state index is 0.0918. The standard InChI is InChI=1S/C17H27ClO3/c1-8-13(11(3)16(21)17(5,6)7)9-14(20)15(18)10(2)12(4)19/h9-11,15H,8H2,1-7H3/b13-9-. The molecule has 3 unspecified atom stereocenters. The predicted molar refractivity (Wildman–Crippen MR) is 86.5 cm³/mol. The van der Waals surface area contributed by atoms with Crippen LogP contribution in [0.1, 0.15) is 54.9 Å². The van der Waals surface area contributed by atoms with Gasteiger partial charge in [-0.3, -0.25) is 14.4 Å². The molecule has 0 bridgehead atoms. The van der Waals surface area contributed by atoms with Crippen molar-refractivity contribution in [1.29, 1.82) is 0 Å². The monoisotopic (exact) mass is 314 g/mol. The Labute approximate surface area is 133 Å². The summed E-state index contributed by atoms with van der Waals surface area (Å²) in [5.41, 5.74) is 0.311. The van der Waals surface area contributed by atoms with E-state index in [1.54, 1.807) is 6.92 Å². The number of carbonyl (C=O) groups excluding carboxylic acids is 3. The number of allylic oxidation sites excluding steroid dienone is 2. The molecule has 0 saturated carbocycles.